The number of hydrogen-bond acceptors (Lipinski definition) is 2. The summed E-state index contributed by atoms with van der Waals surface area (Å²) < 4.78 is 38.8. The van der Waals surface area contributed by atoms with E-state index in [2.05, 4.69) is 5.32 Å². The number of aliphatic hydroxyl groups excluding tert-OH is 1. The zero-order valence-corrected chi connectivity index (χ0v) is 10.8. The van der Waals surface area contributed by atoms with Gasteiger partial charge in [-0.25, -0.2) is 0 Å². The Hall–Kier alpha value is -1.07. The Morgan fingerprint density at radius 2 is 1.63 bits per heavy atom. The lowest BCUT2D eigenvalue weighted by Gasteiger charge is -2.22. The molecule has 1 unspecified atom stereocenters. The zero-order chi connectivity index (χ0) is 14.1. The van der Waals surface area contributed by atoms with Gasteiger partial charge < -0.3 is 10.4 Å². The fraction of sp³-hybridized carbons (Fsp3) is 0.571. The lowest BCUT2D eigenvalue weighted by Crippen LogP contribution is -2.34. The number of halogens is 3. The highest BCUT2D eigenvalue weighted by Crippen LogP contribution is 2.32. The van der Waals surface area contributed by atoms with Crippen molar-refractivity contribution < 1.29 is 18.3 Å². The van der Waals surface area contributed by atoms with E-state index in [9.17, 15) is 13.2 Å². The third-order valence-electron chi connectivity index (χ3n) is 2.89. The molecule has 0 aliphatic carbocycles. The number of nitrogens with one attached hydrogen (secondary N) is 1. The van der Waals surface area contributed by atoms with Crippen LogP contribution in [0.25, 0.3) is 0 Å². The van der Waals surface area contributed by atoms with Crippen molar-refractivity contribution in [1.29, 1.82) is 0 Å². The van der Waals surface area contributed by atoms with Gasteiger partial charge in [0.05, 0.1) is 0 Å². The second-order valence-corrected chi connectivity index (χ2v) is 4.48. The summed E-state index contributed by atoms with van der Waals surface area (Å²) in [5, 5.41) is 11.2. The third kappa shape index (κ3) is 6.07. The first-order valence-corrected chi connectivity index (χ1v) is 6.51. The molecule has 1 rings (SSSR count). The number of aliphatic hydroxyl groups is 1. The molecule has 0 aromatic heterocycles. The van der Waals surface area contributed by atoms with Crippen molar-refractivity contribution in [2.45, 2.75) is 37.9 Å². The molecule has 0 radical (unpaired) electrons. The predicted octanol–water partition coefficient (Wildman–Crippen LogP) is 3.43. The van der Waals surface area contributed by atoms with Crippen molar-refractivity contribution in [2.24, 2.45) is 0 Å². The summed E-state index contributed by atoms with van der Waals surface area (Å²) in [6.45, 7) is 0.465. The van der Waals surface area contributed by atoms with Gasteiger partial charge in [-0.15, -0.1) is 0 Å². The summed E-state index contributed by atoms with van der Waals surface area (Å²) in [5.74, 6) is 0. The summed E-state index contributed by atoms with van der Waals surface area (Å²) in [4.78, 5) is 0. The van der Waals surface area contributed by atoms with Gasteiger partial charge in [0, 0.05) is 6.61 Å². The van der Waals surface area contributed by atoms with E-state index in [1.54, 1.807) is 18.2 Å². The van der Waals surface area contributed by atoms with Crippen molar-refractivity contribution >= 4 is 0 Å². The number of rotatable bonds is 8. The molecular formula is C14H20F3NO. The standard InChI is InChI=1S/C14H20F3NO/c15-14(16,17)13(12-8-4-3-5-9-12)18-10-6-1-2-7-11-19/h3-5,8-9,13,18-19H,1-2,6-7,10-11H2. The first kappa shape index (κ1) is 16.0. The number of benzene rings is 1. The van der Waals surface area contributed by atoms with E-state index in [1.807, 2.05) is 0 Å². The smallest absolute Gasteiger partial charge is 0.396 e. The van der Waals surface area contributed by atoms with Crippen LogP contribution < -0.4 is 5.32 Å². The van der Waals surface area contributed by atoms with Crippen LogP contribution >= 0.6 is 0 Å². The fourth-order valence-electron chi connectivity index (χ4n) is 1.90. The molecule has 0 heterocycles. The summed E-state index contributed by atoms with van der Waals surface area (Å²) in [6, 6.07) is 6.28. The summed E-state index contributed by atoms with van der Waals surface area (Å²) >= 11 is 0. The zero-order valence-electron chi connectivity index (χ0n) is 10.8. The SMILES string of the molecule is OCCCCCCNC(c1ccccc1)C(F)(F)F. The Morgan fingerprint density at radius 3 is 2.21 bits per heavy atom. The van der Waals surface area contributed by atoms with Gasteiger partial charge in [0.15, 0.2) is 0 Å². The monoisotopic (exact) mass is 275 g/mol. The molecule has 0 aliphatic heterocycles. The predicted molar refractivity (Wildman–Crippen MR) is 68.8 cm³/mol. The topological polar surface area (TPSA) is 32.3 Å². The van der Waals surface area contributed by atoms with Crippen LogP contribution in [-0.2, 0) is 0 Å². The Balaban J connectivity index is 2.44. The molecule has 2 N–H and O–H groups in total. The molecule has 1 aromatic rings. The Kier molecular flexibility index (Phi) is 6.87. The van der Waals surface area contributed by atoms with Crippen molar-refractivity contribution in [3.8, 4) is 0 Å². The van der Waals surface area contributed by atoms with Crippen LogP contribution in [0.15, 0.2) is 30.3 Å². The van der Waals surface area contributed by atoms with Crippen LogP contribution in [-0.4, -0.2) is 24.4 Å². The number of hydrogen-bond donors (Lipinski definition) is 2. The van der Waals surface area contributed by atoms with Crippen LogP contribution in [0, 0.1) is 0 Å². The first-order chi connectivity index (χ1) is 9.05. The third-order valence-corrected chi connectivity index (χ3v) is 2.89. The Morgan fingerprint density at radius 1 is 1.00 bits per heavy atom. The maximum Gasteiger partial charge on any atom is 0.407 e. The van der Waals surface area contributed by atoms with E-state index in [-0.39, 0.29) is 12.2 Å². The molecule has 0 saturated carbocycles. The van der Waals surface area contributed by atoms with Crippen LogP contribution in [0.3, 0.4) is 0 Å². The Labute approximate surface area is 111 Å². The van der Waals surface area contributed by atoms with Gasteiger partial charge >= 0.3 is 6.18 Å². The van der Waals surface area contributed by atoms with Gasteiger partial charge in [-0.3, -0.25) is 0 Å². The van der Waals surface area contributed by atoms with E-state index >= 15 is 0 Å². The van der Waals surface area contributed by atoms with E-state index < -0.39 is 12.2 Å². The molecule has 0 amide bonds. The maximum atomic E-state index is 12.9. The average Bonchev–Trinajstić information content (AvgIpc) is 2.37. The number of unbranched alkanes of at least 4 members (excludes halogenated alkanes) is 3. The van der Waals surface area contributed by atoms with Crippen LogP contribution in [0.5, 0.6) is 0 Å². The molecule has 2 nitrogen and oxygen atoms in total. The molecule has 1 atom stereocenters. The minimum absolute atomic E-state index is 0.141. The number of alkyl halides is 3. The highest BCUT2D eigenvalue weighted by molar-refractivity contribution is 5.20. The summed E-state index contributed by atoms with van der Waals surface area (Å²) in [6.07, 6.45) is -1.22. The lowest BCUT2D eigenvalue weighted by molar-refractivity contribution is -0.157. The van der Waals surface area contributed by atoms with Crippen molar-refractivity contribution in [2.75, 3.05) is 13.2 Å². The molecule has 5 heteroatoms. The largest absolute Gasteiger partial charge is 0.407 e. The van der Waals surface area contributed by atoms with Crippen molar-refractivity contribution in [3.63, 3.8) is 0 Å². The van der Waals surface area contributed by atoms with Crippen LogP contribution in [0.1, 0.15) is 37.3 Å². The van der Waals surface area contributed by atoms with E-state index in [0.717, 1.165) is 12.8 Å². The second-order valence-electron chi connectivity index (χ2n) is 4.48. The lowest BCUT2D eigenvalue weighted by atomic mass is 10.1. The van der Waals surface area contributed by atoms with Gasteiger partial charge in [0.2, 0.25) is 0 Å². The summed E-state index contributed by atoms with van der Waals surface area (Å²) in [5.41, 5.74) is 0.241. The molecule has 0 bridgehead atoms. The highest BCUT2D eigenvalue weighted by atomic mass is 19.4. The highest BCUT2D eigenvalue weighted by Gasteiger charge is 2.40. The van der Waals surface area contributed by atoms with Gasteiger partial charge in [-0.2, -0.15) is 13.2 Å². The molecule has 19 heavy (non-hydrogen) atoms. The Bertz CT molecular complexity index is 340. The average molecular weight is 275 g/mol. The fourth-order valence-corrected chi connectivity index (χ4v) is 1.90. The quantitative estimate of drug-likeness (QED) is 0.712. The van der Waals surface area contributed by atoms with Crippen LogP contribution in [0.4, 0.5) is 13.2 Å². The first-order valence-electron chi connectivity index (χ1n) is 6.51. The minimum atomic E-state index is -4.29. The molecule has 0 aliphatic rings. The maximum absolute atomic E-state index is 12.9. The van der Waals surface area contributed by atoms with E-state index in [4.69, 9.17) is 5.11 Å². The molecule has 108 valence electrons. The molecule has 1 aromatic carbocycles. The summed E-state index contributed by atoms with van der Waals surface area (Å²) in [7, 11) is 0. The van der Waals surface area contributed by atoms with Gasteiger partial charge in [-0.05, 0) is 24.9 Å². The van der Waals surface area contributed by atoms with Gasteiger partial charge in [0.25, 0.3) is 0 Å². The van der Waals surface area contributed by atoms with Gasteiger partial charge in [-0.1, -0.05) is 43.2 Å². The van der Waals surface area contributed by atoms with E-state index in [1.165, 1.54) is 12.1 Å². The molecular weight excluding hydrogens is 255 g/mol. The minimum Gasteiger partial charge on any atom is -0.396 e. The molecule has 0 saturated heterocycles. The van der Waals surface area contributed by atoms with Crippen molar-refractivity contribution in [3.05, 3.63) is 35.9 Å². The van der Waals surface area contributed by atoms with Crippen LogP contribution in [0.2, 0.25) is 0 Å². The van der Waals surface area contributed by atoms with E-state index in [0.29, 0.717) is 19.4 Å². The van der Waals surface area contributed by atoms with Crippen molar-refractivity contribution in [1.82, 2.24) is 5.32 Å². The molecule has 0 spiro atoms. The normalized spacial score (nSPS) is 13.5. The second kappa shape index (κ2) is 8.17. The van der Waals surface area contributed by atoms with Gasteiger partial charge in [0.1, 0.15) is 6.04 Å². The molecule has 0 fully saturated rings.